The molecule has 2 saturated carbocycles. The second-order valence-electron chi connectivity index (χ2n) is 8.18. The molecule has 0 spiro atoms. The minimum Gasteiger partial charge on any atom is -0.363 e. The van der Waals surface area contributed by atoms with Crippen LogP contribution in [0, 0.1) is 46.3 Å². The summed E-state index contributed by atoms with van der Waals surface area (Å²) in [4.78, 5) is 0. The van der Waals surface area contributed by atoms with Gasteiger partial charge in [-0.3, -0.25) is 0 Å². The second-order valence-corrected chi connectivity index (χ2v) is 8.18. The molecule has 0 saturated heterocycles. The van der Waals surface area contributed by atoms with Gasteiger partial charge in [-0.15, -0.1) is 0 Å². The van der Waals surface area contributed by atoms with Crippen LogP contribution in [0.1, 0.15) is 38.6 Å². The van der Waals surface area contributed by atoms with Crippen molar-refractivity contribution in [3.63, 3.8) is 0 Å². The van der Waals surface area contributed by atoms with Crippen LogP contribution in [0.3, 0.4) is 0 Å². The van der Waals surface area contributed by atoms with Crippen molar-refractivity contribution in [2.75, 3.05) is 0 Å². The zero-order chi connectivity index (χ0) is 19.2. The predicted molar refractivity (Wildman–Crippen MR) is 81.2 cm³/mol. The third-order valence-electron chi connectivity index (χ3n) is 6.74. The highest BCUT2D eigenvalue weighted by Crippen LogP contribution is 2.62. The Hall–Kier alpha value is -2.03. The summed E-state index contributed by atoms with van der Waals surface area (Å²) in [7, 11) is 0. The SMILES string of the molecule is CC1(C)C2CCC1[C@@H]1OCc3nn(-c4c(F)c(F)c(F)c(F)c4F)c[n+]3[C@H]21. The summed E-state index contributed by atoms with van der Waals surface area (Å²) in [5.74, 6) is -8.90. The van der Waals surface area contributed by atoms with Crippen molar-refractivity contribution >= 4 is 0 Å². The van der Waals surface area contributed by atoms with Gasteiger partial charge in [0, 0.05) is 11.0 Å². The van der Waals surface area contributed by atoms with Gasteiger partial charge in [0.2, 0.25) is 41.1 Å². The van der Waals surface area contributed by atoms with Crippen LogP contribution in [0.25, 0.3) is 5.69 Å². The third kappa shape index (κ3) is 2.00. The van der Waals surface area contributed by atoms with Crippen molar-refractivity contribution < 1.29 is 31.3 Å². The molecular weight excluding hydrogens is 369 g/mol. The molecule has 0 radical (unpaired) electrons. The van der Waals surface area contributed by atoms with Gasteiger partial charge < -0.3 is 4.74 Å². The summed E-state index contributed by atoms with van der Waals surface area (Å²) in [6, 6.07) is -0.0579. The fraction of sp³-hybridized carbons (Fsp3) is 0.556. The molecule has 2 aliphatic carbocycles. The van der Waals surface area contributed by atoms with Gasteiger partial charge in [-0.05, 0) is 24.2 Å². The van der Waals surface area contributed by atoms with Gasteiger partial charge in [0.1, 0.15) is 12.6 Å². The first-order chi connectivity index (χ1) is 12.7. The van der Waals surface area contributed by atoms with Crippen LogP contribution < -0.4 is 4.57 Å². The minimum atomic E-state index is -2.18. The van der Waals surface area contributed by atoms with E-state index in [9.17, 15) is 22.0 Å². The zero-order valence-electron chi connectivity index (χ0n) is 14.6. The van der Waals surface area contributed by atoms with Crippen LogP contribution in [-0.2, 0) is 11.3 Å². The van der Waals surface area contributed by atoms with E-state index in [1.165, 1.54) is 6.33 Å². The molecule has 1 aromatic heterocycles. The lowest BCUT2D eigenvalue weighted by atomic mass is 9.81. The van der Waals surface area contributed by atoms with E-state index < -0.39 is 34.8 Å². The molecular formula is C18H17F5N3O+. The molecule has 5 rings (SSSR count). The molecule has 9 heteroatoms. The van der Waals surface area contributed by atoms with Gasteiger partial charge in [-0.2, -0.15) is 8.78 Å². The lowest BCUT2D eigenvalue weighted by molar-refractivity contribution is -0.755. The molecule has 2 aromatic rings. The number of aromatic nitrogens is 3. The third-order valence-corrected chi connectivity index (χ3v) is 6.74. The smallest absolute Gasteiger partial charge is 0.304 e. The summed E-state index contributed by atoms with van der Waals surface area (Å²) >= 11 is 0. The van der Waals surface area contributed by atoms with Gasteiger partial charge in [0.05, 0.1) is 6.10 Å². The summed E-state index contributed by atoms with van der Waals surface area (Å²) in [6.07, 6.45) is 3.35. The zero-order valence-corrected chi connectivity index (χ0v) is 14.6. The van der Waals surface area contributed by atoms with Gasteiger partial charge in [0.25, 0.3) is 0 Å². The maximum Gasteiger partial charge on any atom is 0.304 e. The average Bonchev–Trinajstić information content (AvgIpc) is 3.25. The van der Waals surface area contributed by atoms with E-state index in [4.69, 9.17) is 4.74 Å². The summed E-state index contributed by atoms with van der Waals surface area (Å²) < 4.78 is 77.3. The molecule has 4 atom stereocenters. The van der Waals surface area contributed by atoms with Crippen molar-refractivity contribution in [1.82, 2.24) is 9.78 Å². The first-order valence-corrected chi connectivity index (χ1v) is 8.86. The Bertz CT molecular complexity index is 943. The van der Waals surface area contributed by atoms with Crippen LogP contribution >= 0.6 is 0 Å². The Balaban J connectivity index is 1.65. The summed E-state index contributed by atoms with van der Waals surface area (Å²) in [5, 5.41) is 4.07. The quantitative estimate of drug-likeness (QED) is 0.326. The molecule has 2 heterocycles. The van der Waals surface area contributed by atoms with Crippen LogP contribution in [0.15, 0.2) is 6.33 Å². The molecule has 3 aliphatic rings. The maximum absolute atomic E-state index is 14.2. The number of fused-ring (bicyclic) bond motifs is 7. The number of halogens is 5. The molecule has 2 unspecified atom stereocenters. The van der Waals surface area contributed by atoms with Crippen molar-refractivity contribution in [1.29, 1.82) is 0 Å². The molecule has 0 N–H and O–H groups in total. The van der Waals surface area contributed by atoms with Crippen molar-refractivity contribution in [2.45, 2.75) is 45.4 Å². The number of rotatable bonds is 1. The van der Waals surface area contributed by atoms with Crippen LogP contribution in [0.2, 0.25) is 0 Å². The van der Waals surface area contributed by atoms with Crippen LogP contribution in [0.4, 0.5) is 22.0 Å². The Morgan fingerprint density at radius 1 is 1.00 bits per heavy atom. The first kappa shape index (κ1) is 17.1. The predicted octanol–water partition coefficient (Wildman–Crippen LogP) is 3.36. The van der Waals surface area contributed by atoms with Gasteiger partial charge in [-0.25, -0.2) is 17.7 Å². The van der Waals surface area contributed by atoms with Gasteiger partial charge >= 0.3 is 5.82 Å². The van der Waals surface area contributed by atoms with E-state index in [-0.39, 0.29) is 24.2 Å². The van der Waals surface area contributed by atoms with Crippen molar-refractivity contribution in [3.8, 4) is 5.69 Å². The van der Waals surface area contributed by atoms with Gasteiger partial charge in [0.15, 0.2) is 0 Å². The van der Waals surface area contributed by atoms with E-state index in [0.717, 1.165) is 17.5 Å². The highest BCUT2D eigenvalue weighted by Gasteiger charge is 2.63. The topological polar surface area (TPSA) is 30.9 Å². The Labute approximate surface area is 151 Å². The monoisotopic (exact) mass is 386 g/mol. The summed E-state index contributed by atoms with van der Waals surface area (Å²) in [6.45, 7) is 4.50. The molecule has 0 amide bonds. The molecule has 1 aliphatic heterocycles. The average molecular weight is 386 g/mol. The Morgan fingerprint density at radius 3 is 2.26 bits per heavy atom. The number of nitrogens with zero attached hydrogens (tertiary/aromatic N) is 3. The molecule has 4 nitrogen and oxygen atoms in total. The maximum atomic E-state index is 14.2. The fourth-order valence-electron chi connectivity index (χ4n) is 5.42. The van der Waals surface area contributed by atoms with Crippen molar-refractivity contribution in [3.05, 3.63) is 41.2 Å². The van der Waals surface area contributed by atoms with E-state index in [2.05, 4.69) is 18.9 Å². The van der Waals surface area contributed by atoms with E-state index in [0.29, 0.717) is 17.7 Å². The standard InChI is InChI=1S/C18H17F5N3O/c1-18(2)7-3-4-8(18)17-15(7)25-6-26(24-9(25)5-27-17)16-13(22)11(20)10(19)12(21)14(16)23/h6-8,15,17H,3-5H2,1-2H3/q+1/t7?,8?,15-,17+/m1/s1. The largest absolute Gasteiger partial charge is 0.363 e. The lowest BCUT2D eigenvalue weighted by Crippen LogP contribution is -2.54. The van der Waals surface area contributed by atoms with Crippen LogP contribution in [-0.4, -0.2) is 15.9 Å². The number of hydrogen-bond donors (Lipinski definition) is 0. The van der Waals surface area contributed by atoms with E-state index >= 15 is 0 Å². The van der Waals surface area contributed by atoms with Gasteiger partial charge in [-0.1, -0.05) is 18.5 Å². The molecule has 2 fully saturated rings. The number of benzene rings is 1. The van der Waals surface area contributed by atoms with E-state index in [1.54, 1.807) is 4.57 Å². The fourth-order valence-corrected chi connectivity index (χ4v) is 5.42. The minimum absolute atomic E-state index is 0.0368. The Kier molecular flexibility index (Phi) is 3.34. The highest BCUT2D eigenvalue weighted by atomic mass is 19.2. The number of hydrogen-bond acceptors (Lipinski definition) is 2. The van der Waals surface area contributed by atoms with Crippen molar-refractivity contribution in [2.24, 2.45) is 17.3 Å². The summed E-state index contributed by atoms with van der Waals surface area (Å²) in [5.41, 5.74) is -1.02. The first-order valence-electron chi connectivity index (χ1n) is 8.86. The lowest BCUT2D eigenvalue weighted by Gasteiger charge is -2.32. The molecule has 1 aromatic carbocycles. The van der Waals surface area contributed by atoms with E-state index in [1.807, 2.05) is 0 Å². The second kappa shape index (κ2) is 5.27. The normalized spacial score (nSPS) is 30.5. The molecule has 2 bridgehead atoms. The molecule has 27 heavy (non-hydrogen) atoms. The highest BCUT2D eigenvalue weighted by molar-refractivity contribution is 5.36. The molecule has 144 valence electrons. The number of ether oxygens (including phenoxy) is 1. The van der Waals surface area contributed by atoms with Crippen LogP contribution in [0.5, 0.6) is 0 Å². The Morgan fingerprint density at radius 2 is 1.59 bits per heavy atom.